The Kier molecular flexibility index (Phi) is 4.00. The number of pyridine rings is 1. The van der Waals surface area contributed by atoms with Crippen LogP contribution in [0.15, 0.2) is 30.5 Å². The minimum atomic E-state index is 0.414. The summed E-state index contributed by atoms with van der Waals surface area (Å²) in [4.78, 5) is 7.22. The van der Waals surface area contributed by atoms with Gasteiger partial charge in [0, 0.05) is 29.9 Å². The van der Waals surface area contributed by atoms with Crippen LogP contribution in [0.5, 0.6) is 0 Å². The number of nitrogens with one attached hydrogen (secondary N) is 1. The van der Waals surface area contributed by atoms with Crippen LogP contribution in [0, 0.1) is 5.92 Å². The number of rotatable bonds is 3. The van der Waals surface area contributed by atoms with Crippen molar-refractivity contribution in [3.05, 3.63) is 30.5 Å². The Bertz CT molecular complexity index is 613. The van der Waals surface area contributed by atoms with Gasteiger partial charge in [0.2, 0.25) is 0 Å². The molecule has 0 bridgehead atoms. The quantitative estimate of drug-likeness (QED) is 0.910. The number of anilines is 2. The van der Waals surface area contributed by atoms with Crippen LogP contribution in [0.25, 0.3) is 10.8 Å². The maximum absolute atomic E-state index is 4.77. The lowest BCUT2D eigenvalue weighted by Gasteiger charge is -2.32. The molecule has 1 aromatic heterocycles. The predicted octanol–water partition coefficient (Wildman–Crippen LogP) is 4.29. The normalized spacial score (nSPS) is 16.7. The number of hydrogen-bond donors (Lipinski definition) is 1. The van der Waals surface area contributed by atoms with Crippen molar-refractivity contribution < 1.29 is 0 Å². The SMILES string of the molecule is CC1CCN(c2ncc(NC(C)C)c3ccccc23)CC1. The molecule has 2 heterocycles. The Morgan fingerprint density at radius 1 is 1.14 bits per heavy atom. The average Bonchev–Trinajstić information content (AvgIpc) is 2.48. The van der Waals surface area contributed by atoms with E-state index in [2.05, 4.69) is 55.3 Å². The highest BCUT2D eigenvalue weighted by Gasteiger charge is 2.19. The van der Waals surface area contributed by atoms with E-state index in [0.29, 0.717) is 6.04 Å². The summed E-state index contributed by atoms with van der Waals surface area (Å²) < 4.78 is 0. The first-order valence-corrected chi connectivity index (χ1v) is 8.04. The smallest absolute Gasteiger partial charge is 0.136 e. The molecule has 112 valence electrons. The number of benzene rings is 1. The lowest BCUT2D eigenvalue weighted by molar-refractivity contribution is 0.437. The van der Waals surface area contributed by atoms with E-state index in [1.807, 2.05) is 6.20 Å². The Morgan fingerprint density at radius 3 is 2.48 bits per heavy atom. The molecule has 3 rings (SSSR count). The first kappa shape index (κ1) is 14.2. The van der Waals surface area contributed by atoms with Crippen molar-refractivity contribution in [1.29, 1.82) is 0 Å². The molecule has 3 heteroatoms. The molecule has 1 aromatic carbocycles. The van der Waals surface area contributed by atoms with E-state index in [1.165, 1.54) is 23.6 Å². The van der Waals surface area contributed by atoms with Gasteiger partial charge in [-0.25, -0.2) is 4.98 Å². The van der Waals surface area contributed by atoms with Crippen molar-refractivity contribution >= 4 is 22.3 Å². The lowest BCUT2D eigenvalue weighted by atomic mass is 9.99. The van der Waals surface area contributed by atoms with E-state index in [9.17, 15) is 0 Å². The molecule has 3 nitrogen and oxygen atoms in total. The summed E-state index contributed by atoms with van der Waals surface area (Å²) in [5, 5.41) is 6.04. The molecule has 0 saturated carbocycles. The second-order valence-corrected chi connectivity index (χ2v) is 6.51. The van der Waals surface area contributed by atoms with Crippen molar-refractivity contribution in [3.63, 3.8) is 0 Å². The maximum Gasteiger partial charge on any atom is 0.136 e. The molecule has 0 radical (unpaired) electrons. The van der Waals surface area contributed by atoms with Gasteiger partial charge < -0.3 is 10.2 Å². The van der Waals surface area contributed by atoms with Crippen LogP contribution in [0.4, 0.5) is 11.5 Å². The molecule has 1 N–H and O–H groups in total. The van der Waals surface area contributed by atoms with Gasteiger partial charge in [-0.15, -0.1) is 0 Å². The molecule has 1 fully saturated rings. The molecule has 0 amide bonds. The molecule has 1 aliphatic heterocycles. The highest BCUT2D eigenvalue weighted by Crippen LogP contribution is 2.32. The maximum atomic E-state index is 4.77. The van der Waals surface area contributed by atoms with Gasteiger partial charge in [-0.1, -0.05) is 31.2 Å². The second kappa shape index (κ2) is 5.92. The van der Waals surface area contributed by atoms with Crippen molar-refractivity contribution in [2.75, 3.05) is 23.3 Å². The van der Waals surface area contributed by atoms with Gasteiger partial charge in [-0.3, -0.25) is 0 Å². The Labute approximate surface area is 127 Å². The summed E-state index contributed by atoms with van der Waals surface area (Å²) in [5.74, 6) is 1.99. The summed E-state index contributed by atoms with van der Waals surface area (Å²) >= 11 is 0. The van der Waals surface area contributed by atoms with Crippen LogP contribution < -0.4 is 10.2 Å². The first-order chi connectivity index (χ1) is 10.1. The molecule has 1 saturated heterocycles. The van der Waals surface area contributed by atoms with Gasteiger partial charge in [0.1, 0.15) is 5.82 Å². The largest absolute Gasteiger partial charge is 0.381 e. The van der Waals surface area contributed by atoms with E-state index < -0.39 is 0 Å². The second-order valence-electron chi connectivity index (χ2n) is 6.51. The topological polar surface area (TPSA) is 28.2 Å². The molecule has 0 atom stereocenters. The molecule has 0 unspecified atom stereocenters. The minimum Gasteiger partial charge on any atom is -0.381 e. The Morgan fingerprint density at radius 2 is 1.81 bits per heavy atom. The highest BCUT2D eigenvalue weighted by atomic mass is 15.2. The van der Waals surface area contributed by atoms with Gasteiger partial charge in [0.25, 0.3) is 0 Å². The summed E-state index contributed by atoms with van der Waals surface area (Å²) in [6.45, 7) is 8.91. The summed E-state index contributed by atoms with van der Waals surface area (Å²) in [6, 6.07) is 9.02. The van der Waals surface area contributed by atoms with E-state index in [1.54, 1.807) is 0 Å². The zero-order valence-electron chi connectivity index (χ0n) is 13.3. The van der Waals surface area contributed by atoms with Gasteiger partial charge >= 0.3 is 0 Å². The van der Waals surface area contributed by atoms with Crippen molar-refractivity contribution in [2.24, 2.45) is 5.92 Å². The zero-order chi connectivity index (χ0) is 14.8. The summed E-state index contributed by atoms with van der Waals surface area (Å²) in [6.07, 6.45) is 4.53. The molecule has 21 heavy (non-hydrogen) atoms. The Balaban J connectivity index is 2.00. The van der Waals surface area contributed by atoms with Crippen LogP contribution in [-0.2, 0) is 0 Å². The van der Waals surface area contributed by atoms with Gasteiger partial charge in [0.15, 0.2) is 0 Å². The van der Waals surface area contributed by atoms with Crippen molar-refractivity contribution in [3.8, 4) is 0 Å². The summed E-state index contributed by atoms with van der Waals surface area (Å²) in [7, 11) is 0. The lowest BCUT2D eigenvalue weighted by Crippen LogP contribution is -2.33. The monoisotopic (exact) mass is 283 g/mol. The van der Waals surface area contributed by atoms with Crippen LogP contribution >= 0.6 is 0 Å². The number of hydrogen-bond acceptors (Lipinski definition) is 3. The molecular weight excluding hydrogens is 258 g/mol. The van der Waals surface area contributed by atoms with Crippen molar-refractivity contribution in [1.82, 2.24) is 4.98 Å². The highest BCUT2D eigenvalue weighted by molar-refractivity contribution is 6.00. The van der Waals surface area contributed by atoms with E-state index in [0.717, 1.165) is 30.5 Å². The number of nitrogens with zero attached hydrogens (tertiary/aromatic N) is 2. The molecule has 2 aromatic rings. The molecule has 0 aliphatic carbocycles. The zero-order valence-corrected chi connectivity index (χ0v) is 13.3. The fourth-order valence-electron chi connectivity index (χ4n) is 3.08. The van der Waals surface area contributed by atoms with Crippen LogP contribution in [0.1, 0.15) is 33.6 Å². The average molecular weight is 283 g/mol. The fraction of sp³-hybridized carbons (Fsp3) is 0.500. The predicted molar refractivity (Wildman–Crippen MR) is 91.1 cm³/mol. The molecule has 1 aliphatic rings. The van der Waals surface area contributed by atoms with Gasteiger partial charge in [0.05, 0.1) is 11.9 Å². The van der Waals surface area contributed by atoms with E-state index >= 15 is 0 Å². The molecule has 0 spiro atoms. The first-order valence-electron chi connectivity index (χ1n) is 8.04. The fourth-order valence-corrected chi connectivity index (χ4v) is 3.08. The van der Waals surface area contributed by atoms with Crippen LogP contribution in [-0.4, -0.2) is 24.1 Å². The number of piperidine rings is 1. The number of fused-ring (bicyclic) bond motifs is 1. The van der Waals surface area contributed by atoms with Crippen LogP contribution in [0.2, 0.25) is 0 Å². The molecular formula is C18H25N3. The van der Waals surface area contributed by atoms with E-state index in [4.69, 9.17) is 4.98 Å². The Hall–Kier alpha value is -1.77. The third-order valence-electron chi connectivity index (χ3n) is 4.30. The standard InChI is InChI=1S/C18H25N3/c1-13(2)20-17-12-19-18(16-7-5-4-6-15(16)17)21-10-8-14(3)9-11-21/h4-7,12-14,20H,8-11H2,1-3H3. The minimum absolute atomic E-state index is 0.414. The summed E-state index contributed by atoms with van der Waals surface area (Å²) in [5.41, 5.74) is 1.13. The van der Waals surface area contributed by atoms with Crippen LogP contribution in [0.3, 0.4) is 0 Å². The van der Waals surface area contributed by atoms with Crippen molar-refractivity contribution in [2.45, 2.75) is 39.7 Å². The van der Waals surface area contributed by atoms with Gasteiger partial charge in [-0.2, -0.15) is 0 Å². The van der Waals surface area contributed by atoms with Gasteiger partial charge in [-0.05, 0) is 32.6 Å². The number of aromatic nitrogens is 1. The van der Waals surface area contributed by atoms with E-state index in [-0.39, 0.29) is 0 Å². The third kappa shape index (κ3) is 2.97. The third-order valence-corrected chi connectivity index (χ3v) is 4.30.